The maximum absolute atomic E-state index is 13.2. The van der Waals surface area contributed by atoms with Gasteiger partial charge in [-0.05, 0) is 56.4 Å². The van der Waals surface area contributed by atoms with Gasteiger partial charge in [0.2, 0.25) is 15.7 Å². The number of amides is 1. The van der Waals surface area contributed by atoms with Gasteiger partial charge in [0.05, 0.1) is 17.3 Å². The van der Waals surface area contributed by atoms with Crippen molar-refractivity contribution in [2.45, 2.75) is 24.3 Å². The zero-order valence-electron chi connectivity index (χ0n) is 15.2. The molecule has 1 saturated heterocycles. The minimum Gasteiger partial charge on any atom is -0.303 e. The standard InChI is InChI=1S/C18H14Cl2N4O3S2/c1-18(2)16(25)23(10-5-7-14(22-3)13(20)8-10)17(28)24(18)11-4-6-12(19)15(9-11)29(21,26)27/h4-9H,1-2H3,(H2,21,26,27). The molecule has 11 heteroatoms. The van der Waals surface area contributed by atoms with Crippen molar-refractivity contribution in [3.63, 3.8) is 0 Å². The number of benzene rings is 2. The van der Waals surface area contributed by atoms with E-state index in [2.05, 4.69) is 4.85 Å². The molecule has 3 rings (SSSR count). The van der Waals surface area contributed by atoms with Gasteiger partial charge in [-0.3, -0.25) is 9.69 Å². The van der Waals surface area contributed by atoms with Crippen molar-refractivity contribution in [3.05, 3.63) is 57.9 Å². The summed E-state index contributed by atoms with van der Waals surface area (Å²) >= 11 is 17.6. The van der Waals surface area contributed by atoms with Crippen LogP contribution in [0, 0.1) is 6.57 Å². The third kappa shape index (κ3) is 3.58. The summed E-state index contributed by atoms with van der Waals surface area (Å²) in [6.07, 6.45) is 0. The number of hydrogen-bond donors (Lipinski definition) is 1. The molecule has 0 saturated carbocycles. The average molecular weight is 469 g/mol. The third-order valence-electron chi connectivity index (χ3n) is 4.46. The lowest BCUT2D eigenvalue weighted by Crippen LogP contribution is -2.44. The van der Waals surface area contributed by atoms with Gasteiger partial charge >= 0.3 is 0 Å². The number of hydrogen-bond acceptors (Lipinski definition) is 4. The van der Waals surface area contributed by atoms with Crippen molar-refractivity contribution in [3.8, 4) is 0 Å². The van der Waals surface area contributed by atoms with Crippen LogP contribution < -0.4 is 14.9 Å². The monoisotopic (exact) mass is 468 g/mol. The molecule has 1 amide bonds. The number of nitrogens with zero attached hydrogens (tertiary/aromatic N) is 3. The lowest BCUT2D eigenvalue weighted by Gasteiger charge is -2.29. The number of primary sulfonamides is 1. The molecule has 0 bridgehead atoms. The second-order valence-corrected chi connectivity index (χ2v) is 9.43. The van der Waals surface area contributed by atoms with Crippen LogP contribution in [0.4, 0.5) is 17.1 Å². The molecule has 1 heterocycles. The Hall–Kier alpha value is -2.22. The zero-order chi connectivity index (χ0) is 21.7. The molecule has 0 spiro atoms. The fourth-order valence-corrected chi connectivity index (χ4v) is 4.83. The second kappa shape index (κ2) is 7.23. The predicted octanol–water partition coefficient (Wildman–Crippen LogP) is 4.11. The van der Waals surface area contributed by atoms with Crippen LogP contribution >= 0.6 is 35.4 Å². The van der Waals surface area contributed by atoms with Gasteiger partial charge in [-0.1, -0.05) is 29.3 Å². The number of rotatable bonds is 3. The molecule has 0 radical (unpaired) electrons. The van der Waals surface area contributed by atoms with E-state index in [-0.39, 0.29) is 31.6 Å². The maximum atomic E-state index is 13.2. The highest BCUT2D eigenvalue weighted by Crippen LogP contribution is 2.39. The summed E-state index contributed by atoms with van der Waals surface area (Å²) in [5, 5.41) is 5.51. The maximum Gasteiger partial charge on any atom is 0.259 e. The van der Waals surface area contributed by atoms with E-state index in [4.69, 9.17) is 47.1 Å². The van der Waals surface area contributed by atoms with E-state index >= 15 is 0 Å². The first-order valence-electron chi connectivity index (χ1n) is 8.07. The first-order valence-corrected chi connectivity index (χ1v) is 10.8. The topological polar surface area (TPSA) is 88.1 Å². The first kappa shape index (κ1) is 21.5. The van der Waals surface area contributed by atoms with Crippen molar-refractivity contribution >= 4 is 73.5 Å². The van der Waals surface area contributed by atoms with Gasteiger partial charge in [0.1, 0.15) is 10.4 Å². The summed E-state index contributed by atoms with van der Waals surface area (Å²) in [5.41, 5.74) is -0.146. The molecule has 29 heavy (non-hydrogen) atoms. The molecule has 0 aromatic heterocycles. The van der Waals surface area contributed by atoms with Crippen LogP contribution in [0.5, 0.6) is 0 Å². The third-order valence-corrected chi connectivity index (χ3v) is 6.52. The number of anilines is 2. The Morgan fingerprint density at radius 1 is 1.10 bits per heavy atom. The van der Waals surface area contributed by atoms with Gasteiger partial charge in [-0.25, -0.2) is 18.4 Å². The van der Waals surface area contributed by atoms with Crippen LogP contribution in [0.2, 0.25) is 10.0 Å². The van der Waals surface area contributed by atoms with Gasteiger partial charge in [0, 0.05) is 10.7 Å². The molecular formula is C18H14Cl2N4O3S2. The number of thiocarbonyl (C=S) groups is 1. The fourth-order valence-electron chi connectivity index (χ4n) is 3.03. The van der Waals surface area contributed by atoms with Crippen LogP contribution in [0.25, 0.3) is 4.85 Å². The normalized spacial score (nSPS) is 16.3. The van der Waals surface area contributed by atoms with Crippen molar-refractivity contribution in [1.29, 1.82) is 0 Å². The van der Waals surface area contributed by atoms with E-state index in [1.54, 1.807) is 26.0 Å². The number of carbonyl (C=O) groups is 1. The van der Waals surface area contributed by atoms with Crippen LogP contribution in [0.15, 0.2) is 41.3 Å². The molecule has 1 aliphatic heterocycles. The second-order valence-electron chi connectivity index (χ2n) is 6.72. The molecule has 0 aliphatic carbocycles. The van der Waals surface area contributed by atoms with Crippen LogP contribution in [0.3, 0.4) is 0 Å². The number of halogens is 2. The van der Waals surface area contributed by atoms with Crippen molar-refractivity contribution in [1.82, 2.24) is 0 Å². The molecule has 1 fully saturated rings. The Bertz CT molecular complexity index is 1210. The van der Waals surface area contributed by atoms with Gasteiger partial charge in [-0.15, -0.1) is 0 Å². The summed E-state index contributed by atoms with van der Waals surface area (Å²) in [6, 6.07) is 8.76. The summed E-state index contributed by atoms with van der Waals surface area (Å²) < 4.78 is 23.7. The van der Waals surface area contributed by atoms with Crippen molar-refractivity contribution in [2.24, 2.45) is 5.14 Å². The van der Waals surface area contributed by atoms with E-state index < -0.39 is 15.6 Å². The van der Waals surface area contributed by atoms with Crippen LogP contribution in [-0.2, 0) is 14.8 Å². The summed E-state index contributed by atoms with van der Waals surface area (Å²) in [7, 11) is -4.08. The highest BCUT2D eigenvalue weighted by Gasteiger charge is 2.50. The van der Waals surface area contributed by atoms with Crippen LogP contribution in [-0.4, -0.2) is 25.0 Å². The lowest BCUT2D eigenvalue weighted by atomic mass is 10.0. The Labute approximate surface area is 183 Å². The Morgan fingerprint density at radius 2 is 1.72 bits per heavy atom. The van der Waals surface area contributed by atoms with E-state index in [9.17, 15) is 13.2 Å². The Balaban J connectivity index is 2.13. The first-order chi connectivity index (χ1) is 13.4. The zero-order valence-corrected chi connectivity index (χ0v) is 18.3. The molecule has 7 nitrogen and oxygen atoms in total. The molecule has 1 aliphatic rings. The minimum atomic E-state index is -4.08. The smallest absolute Gasteiger partial charge is 0.259 e. The Morgan fingerprint density at radius 3 is 2.28 bits per heavy atom. The molecule has 0 atom stereocenters. The molecule has 2 aromatic carbocycles. The largest absolute Gasteiger partial charge is 0.303 e. The van der Waals surface area contributed by atoms with Gasteiger partial charge in [-0.2, -0.15) is 0 Å². The molecule has 2 N–H and O–H groups in total. The number of nitrogens with two attached hydrogens (primary N) is 1. The van der Waals surface area contributed by atoms with E-state index in [0.717, 1.165) is 0 Å². The predicted molar refractivity (Wildman–Crippen MR) is 117 cm³/mol. The summed E-state index contributed by atoms with van der Waals surface area (Å²) in [4.78, 5) is 19.0. The number of carbonyl (C=O) groups excluding carboxylic acids is 1. The molecule has 2 aromatic rings. The van der Waals surface area contributed by atoms with Gasteiger partial charge < -0.3 is 4.90 Å². The van der Waals surface area contributed by atoms with Crippen molar-refractivity contribution in [2.75, 3.05) is 9.80 Å². The fraction of sp³-hybridized carbons (Fsp3) is 0.167. The summed E-state index contributed by atoms with van der Waals surface area (Å²) in [6.45, 7) is 10.4. The van der Waals surface area contributed by atoms with E-state index in [1.807, 2.05) is 0 Å². The molecular weight excluding hydrogens is 455 g/mol. The van der Waals surface area contributed by atoms with Crippen LogP contribution in [0.1, 0.15) is 13.8 Å². The lowest BCUT2D eigenvalue weighted by molar-refractivity contribution is -0.120. The van der Waals surface area contributed by atoms with Gasteiger partial charge in [0.25, 0.3) is 5.91 Å². The highest BCUT2D eigenvalue weighted by atomic mass is 35.5. The SMILES string of the molecule is [C-]#[N+]c1ccc(N2C(=O)C(C)(C)N(c3ccc(Cl)c(S(N)(=O)=O)c3)C2=S)cc1Cl. The van der Waals surface area contributed by atoms with E-state index in [1.165, 1.54) is 34.1 Å². The van der Waals surface area contributed by atoms with Gasteiger partial charge in [0.15, 0.2) is 5.11 Å². The molecule has 150 valence electrons. The highest BCUT2D eigenvalue weighted by molar-refractivity contribution is 7.89. The summed E-state index contributed by atoms with van der Waals surface area (Å²) in [5.74, 6) is -0.346. The average Bonchev–Trinajstić information content (AvgIpc) is 2.79. The molecule has 0 unspecified atom stereocenters. The van der Waals surface area contributed by atoms with Crippen molar-refractivity contribution < 1.29 is 13.2 Å². The van der Waals surface area contributed by atoms with E-state index in [0.29, 0.717) is 11.4 Å². The quantitative estimate of drug-likeness (QED) is 0.540. The number of sulfonamides is 1. The Kier molecular flexibility index (Phi) is 5.36. The minimum absolute atomic E-state index is 0.0381.